The van der Waals surface area contributed by atoms with Crippen LogP contribution >= 0.6 is 0 Å². The van der Waals surface area contributed by atoms with Crippen LogP contribution in [0.25, 0.3) is 0 Å². The molecule has 2 heterocycles. The van der Waals surface area contributed by atoms with Crippen LogP contribution in [-0.4, -0.2) is 60.1 Å². The van der Waals surface area contributed by atoms with Crippen molar-refractivity contribution in [1.29, 1.82) is 5.26 Å². The topological polar surface area (TPSA) is 67.6 Å². The van der Waals surface area contributed by atoms with Crippen molar-refractivity contribution in [3.63, 3.8) is 0 Å². The Hall–Kier alpha value is -1.90. The van der Waals surface area contributed by atoms with Gasteiger partial charge in [0.15, 0.2) is 0 Å². The first-order chi connectivity index (χ1) is 11.7. The summed E-state index contributed by atoms with van der Waals surface area (Å²) in [4.78, 5) is 17.2. The molecule has 0 aromatic heterocycles. The number of carbonyl (C=O) groups excluding carboxylic acids is 1. The monoisotopic (exact) mass is 327 g/mol. The number of likely N-dealkylation sites (tertiary alicyclic amines) is 2. The molecule has 3 rings (SSSR count). The molecule has 1 aromatic carbocycles. The summed E-state index contributed by atoms with van der Waals surface area (Å²) < 4.78 is 0. The van der Waals surface area contributed by atoms with E-state index in [9.17, 15) is 9.90 Å². The van der Waals surface area contributed by atoms with Crippen molar-refractivity contribution in [2.24, 2.45) is 11.8 Å². The Kier molecular flexibility index (Phi) is 5.49. The molecule has 24 heavy (non-hydrogen) atoms. The van der Waals surface area contributed by atoms with E-state index >= 15 is 0 Å². The zero-order chi connectivity index (χ0) is 16.9. The summed E-state index contributed by atoms with van der Waals surface area (Å²) in [5, 5.41) is 18.5. The first-order valence-corrected chi connectivity index (χ1v) is 8.82. The minimum atomic E-state index is 0.00376. The van der Waals surface area contributed by atoms with Gasteiger partial charge in [-0.2, -0.15) is 5.26 Å². The highest BCUT2D eigenvalue weighted by Gasteiger charge is 2.31. The van der Waals surface area contributed by atoms with Crippen LogP contribution in [0.15, 0.2) is 24.3 Å². The number of hydrogen-bond donors (Lipinski definition) is 1. The number of amides is 1. The van der Waals surface area contributed by atoms with Gasteiger partial charge in [0, 0.05) is 31.8 Å². The number of nitrogens with zero attached hydrogens (tertiary/aromatic N) is 3. The Bertz CT molecular complexity index is 602. The lowest BCUT2D eigenvalue weighted by Gasteiger charge is -2.38. The third-order valence-electron chi connectivity index (χ3n) is 5.15. The van der Waals surface area contributed by atoms with Crippen LogP contribution in [0.1, 0.15) is 35.2 Å². The number of hydrogen-bond acceptors (Lipinski definition) is 4. The van der Waals surface area contributed by atoms with Crippen LogP contribution in [-0.2, 0) is 0 Å². The van der Waals surface area contributed by atoms with Crippen LogP contribution in [0.2, 0.25) is 0 Å². The van der Waals surface area contributed by atoms with Gasteiger partial charge < -0.3 is 14.9 Å². The van der Waals surface area contributed by atoms with Crippen molar-refractivity contribution in [1.82, 2.24) is 9.80 Å². The van der Waals surface area contributed by atoms with E-state index in [-0.39, 0.29) is 18.4 Å². The van der Waals surface area contributed by atoms with Gasteiger partial charge in [0.25, 0.3) is 5.91 Å². The number of rotatable bonds is 4. The van der Waals surface area contributed by atoms with Crippen LogP contribution < -0.4 is 0 Å². The van der Waals surface area contributed by atoms with E-state index in [0.717, 1.165) is 32.6 Å². The Morgan fingerprint density at radius 3 is 2.46 bits per heavy atom. The molecule has 2 saturated heterocycles. The number of carbonyl (C=O) groups is 1. The predicted molar refractivity (Wildman–Crippen MR) is 91.4 cm³/mol. The van der Waals surface area contributed by atoms with E-state index in [1.807, 2.05) is 4.90 Å². The first kappa shape index (κ1) is 16.9. The normalized spacial score (nSPS) is 24.8. The predicted octanol–water partition coefficient (Wildman–Crippen LogP) is 1.72. The van der Waals surface area contributed by atoms with Crippen LogP contribution in [0.5, 0.6) is 0 Å². The van der Waals surface area contributed by atoms with Crippen molar-refractivity contribution in [2.45, 2.75) is 19.3 Å². The molecule has 1 amide bonds. The maximum atomic E-state index is 12.8. The molecule has 1 N–H and O–H groups in total. The highest BCUT2D eigenvalue weighted by molar-refractivity contribution is 5.94. The van der Waals surface area contributed by atoms with Gasteiger partial charge in [0.2, 0.25) is 0 Å². The van der Waals surface area contributed by atoms with Gasteiger partial charge >= 0.3 is 0 Å². The Labute approximate surface area is 143 Å². The average molecular weight is 327 g/mol. The Balaban J connectivity index is 1.67. The zero-order valence-corrected chi connectivity index (χ0v) is 14.0. The Morgan fingerprint density at radius 1 is 1.17 bits per heavy atom. The van der Waals surface area contributed by atoms with Gasteiger partial charge in [0.05, 0.1) is 11.6 Å². The summed E-state index contributed by atoms with van der Waals surface area (Å²) in [7, 11) is 0. The first-order valence-electron chi connectivity index (χ1n) is 8.82. The van der Waals surface area contributed by atoms with Gasteiger partial charge in [-0.05, 0) is 68.5 Å². The highest BCUT2D eigenvalue weighted by Crippen LogP contribution is 2.25. The summed E-state index contributed by atoms with van der Waals surface area (Å²) in [6, 6.07) is 8.88. The lowest BCUT2D eigenvalue weighted by molar-refractivity contribution is 0.0465. The van der Waals surface area contributed by atoms with E-state index in [2.05, 4.69) is 11.0 Å². The number of piperidine rings is 1. The molecule has 0 saturated carbocycles. The van der Waals surface area contributed by atoms with E-state index in [4.69, 9.17) is 5.26 Å². The SMILES string of the molecule is N#Cc1ccc(C(=O)N2C[C@@H](CN3CCCC3)C[C@H](CO)C2)cc1. The van der Waals surface area contributed by atoms with Crippen LogP contribution in [0, 0.1) is 23.2 Å². The lowest BCUT2D eigenvalue weighted by Crippen LogP contribution is -2.47. The van der Waals surface area contributed by atoms with Gasteiger partial charge in [0.1, 0.15) is 0 Å². The second-order valence-electron chi connectivity index (χ2n) is 7.06. The third kappa shape index (κ3) is 3.95. The Morgan fingerprint density at radius 2 is 1.83 bits per heavy atom. The second-order valence-corrected chi connectivity index (χ2v) is 7.06. The number of benzene rings is 1. The van der Waals surface area contributed by atoms with Crippen molar-refractivity contribution in [2.75, 3.05) is 39.3 Å². The average Bonchev–Trinajstić information content (AvgIpc) is 3.13. The molecule has 2 atom stereocenters. The smallest absolute Gasteiger partial charge is 0.253 e. The standard InChI is InChI=1S/C19H25N3O2/c20-10-15-3-5-18(6-4-15)19(24)22-12-16(9-17(13-22)14-23)11-21-7-1-2-8-21/h3-6,16-17,23H,1-2,7-9,11-14H2/t16-,17+/m1/s1. The molecule has 2 aliphatic rings. The molecule has 0 bridgehead atoms. The molecule has 1 aromatic rings. The zero-order valence-electron chi connectivity index (χ0n) is 14.0. The fourth-order valence-corrected chi connectivity index (χ4v) is 3.95. The van der Waals surface area contributed by atoms with Crippen LogP contribution in [0.3, 0.4) is 0 Å². The van der Waals surface area contributed by atoms with Gasteiger partial charge in [-0.1, -0.05) is 0 Å². The van der Waals surface area contributed by atoms with Crippen molar-refractivity contribution < 1.29 is 9.90 Å². The molecule has 5 heteroatoms. The van der Waals surface area contributed by atoms with Crippen molar-refractivity contribution in [3.05, 3.63) is 35.4 Å². The highest BCUT2D eigenvalue weighted by atomic mass is 16.3. The fourth-order valence-electron chi connectivity index (χ4n) is 3.95. The minimum Gasteiger partial charge on any atom is -0.396 e. The summed E-state index contributed by atoms with van der Waals surface area (Å²) in [6.07, 6.45) is 3.53. The molecule has 128 valence electrons. The van der Waals surface area contributed by atoms with E-state index in [1.54, 1.807) is 24.3 Å². The second kappa shape index (κ2) is 7.78. The molecule has 2 aliphatic heterocycles. The summed E-state index contributed by atoms with van der Waals surface area (Å²) in [6.45, 7) is 4.84. The number of nitriles is 1. The molecule has 5 nitrogen and oxygen atoms in total. The molecular formula is C19H25N3O2. The van der Waals surface area contributed by atoms with E-state index in [0.29, 0.717) is 23.6 Å². The quantitative estimate of drug-likeness (QED) is 0.914. The van der Waals surface area contributed by atoms with E-state index < -0.39 is 0 Å². The lowest BCUT2D eigenvalue weighted by atomic mass is 9.88. The molecule has 2 fully saturated rings. The maximum absolute atomic E-state index is 12.8. The maximum Gasteiger partial charge on any atom is 0.253 e. The van der Waals surface area contributed by atoms with Gasteiger partial charge in [-0.25, -0.2) is 0 Å². The fraction of sp³-hybridized carbons (Fsp3) is 0.579. The van der Waals surface area contributed by atoms with Crippen LogP contribution in [0.4, 0.5) is 0 Å². The molecule has 0 spiro atoms. The van der Waals surface area contributed by atoms with Gasteiger partial charge in [-0.3, -0.25) is 4.79 Å². The summed E-state index contributed by atoms with van der Waals surface area (Å²) in [5.41, 5.74) is 1.18. The molecule has 0 unspecified atom stereocenters. The largest absolute Gasteiger partial charge is 0.396 e. The third-order valence-corrected chi connectivity index (χ3v) is 5.15. The summed E-state index contributed by atoms with van der Waals surface area (Å²) in [5.74, 6) is 0.592. The molecule has 0 aliphatic carbocycles. The minimum absolute atomic E-state index is 0.00376. The molecule has 0 radical (unpaired) electrons. The molecular weight excluding hydrogens is 302 g/mol. The summed E-state index contributed by atoms with van der Waals surface area (Å²) >= 11 is 0. The van der Waals surface area contributed by atoms with Gasteiger partial charge in [-0.15, -0.1) is 0 Å². The van der Waals surface area contributed by atoms with E-state index in [1.165, 1.54) is 12.8 Å². The number of aliphatic hydroxyl groups excluding tert-OH is 1. The number of aliphatic hydroxyl groups is 1. The van der Waals surface area contributed by atoms with Crippen molar-refractivity contribution in [3.8, 4) is 6.07 Å². The van der Waals surface area contributed by atoms with Crippen molar-refractivity contribution >= 4 is 5.91 Å².